The number of hydrogen-bond acceptors (Lipinski definition) is 2. The summed E-state index contributed by atoms with van der Waals surface area (Å²) in [7, 11) is 0. The smallest absolute Gasteiger partial charge is 0.0670 e. The van der Waals surface area contributed by atoms with E-state index in [0.29, 0.717) is 32.6 Å². The van der Waals surface area contributed by atoms with Gasteiger partial charge < -0.3 is 10.1 Å². The van der Waals surface area contributed by atoms with E-state index in [1.54, 1.807) is 6.07 Å². The molecule has 1 N–H and O–H groups in total. The maximum absolute atomic E-state index is 6.24. The summed E-state index contributed by atoms with van der Waals surface area (Å²) in [6, 6.07) is 3.93. The summed E-state index contributed by atoms with van der Waals surface area (Å²) in [6.45, 7) is 2.84. The van der Waals surface area contributed by atoms with Gasteiger partial charge in [0, 0.05) is 18.1 Å². The topological polar surface area (TPSA) is 21.3 Å². The molecule has 0 saturated heterocycles. The van der Waals surface area contributed by atoms with Crippen LogP contribution in [0.25, 0.3) is 0 Å². The summed E-state index contributed by atoms with van der Waals surface area (Å²) in [5.74, 6) is 0. The molecule has 2 atom stereocenters. The molecule has 0 bridgehead atoms. The predicted octanol–water partition coefficient (Wildman–Crippen LogP) is 5.41. The molecule has 2 nitrogen and oxygen atoms in total. The molecule has 0 heterocycles. The van der Waals surface area contributed by atoms with E-state index in [1.807, 2.05) is 6.07 Å². The Morgan fingerprint density at radius 3 is 2.50 bits per heavy atom. The maximum Gasteiger partial charge on any atom is 0.0670 e. The highest BCUT2D eigenvalue weighted by Crippen LogP contribution is 2.58. The normalized spacial score (nSPS) is 27.0. The SMILES string of the molecule is CCOC1CC(Nc2cc(Cl)c(Cl)cc2Cl)C12CCC2. The summed E-state index contributed by atoms with van der Waals surface area (Å²) in [6.07, 6.45) is 5.17. The van der Waals surface area contributed by atoms with Crippen LogP contribution in [0.3, 0.4) is 0 Å². The van der Waals surface area contributed by atoms with Crippen molar-refractivity contribution in [3.05, 3.63) is 27.2 Å². The van der Waals surface area contributed by atoms with Crippen LogP contribution in [0.15, 0.2) is 12.1 Å². The zero-order chi connectivity index (χ0) is 14.3. The average molecular weight is 335 g/mol. The molecule has 5 heteroatoms. The highest BCUT2D eigenvalue weighted by molar-refractivity contribution is 6.44. The van der Waals surface area contributed by atoms with Gasteiger partial charge in [0.05, 0.1) is 26.9 Å². The zero-order valence-corrected chi connectivity index (χ0v) is 13.7. The lowest BCUT2D eigenvalue weighted by Crippen LogP contribution is -2.64. The fourth-order valence-electron chi connectivity index (χ4n) is 3.46. The third-order valence-corrected chi connectivity index (χ3v) is 5.81. The molecule has 1 spiro atoms. The van der Waals surface area contributed by atoms with Crippen molar-refractivity contribution in [2.24, 2.45) is 5.41 Å². The number of halogens is 3. The minimum Gasteiger partial charge on any atom is -0.380 e. The maximum atomic E-state index is 6.24. The third kappa shape index (κ3) is 2.31. The largest absolute Gasteiger partial charge is 0.380 e. The Bertz CT molecular complexity index is 516. The van der Waals surface area contributed by atoms with Crippen molar-refractivity contribution in [2.45, 2.75) is 44.8 Å². The van der Waals surface area contributed by atoms with E-state index in [-0.39, 0.29) is 0 Å². The van der Waals surface area contributed by atoms with Gasteiger partial charge in [0.15, 0.2) is 0 Å². The molecule has 2 unspecified atom stereocenters. The first-order valence-electron chi connectivity index (χ1n) is 7.09. The first-order chi connectivity index (χ1) is 9.56. The summed E-state index contributed by atoms with van der Waals surface area (Å²) >= 11 is 18.3. The molecule has 2 aliphatic rings. The van der Waals surface area contributed by atoms with Crippen LogP contribution >= 0.6 is 34.8 Å². The molecule has 2 fully saturated rings. The van der Waals surface area contributed by atoms with Crippen molar-refractivity contribution in [3.8, 4) is 0 Å². The second kappa shape index (κ2) is 5.57. The van der Waals surface area contributed by atoms with Gasteiger partial charge in [-0.2, -0.15) is 0 Å². The number of ether oxygens (including phenoxy) is 1. The molecule has 0 aromatic heterocycles. The number of rotatable bonds is 4. The minimum atomic E-state index is 0.297. The van der Waals surface area contributed by atoms with Crippen molar-refractivity contribution in [3.63, 3.8) is 0 Å². The molecule has 110 valence electrons. The number of anilines is 1. The third-order valence-electron chi connectivity index (χ3n) is 4.78. The standard InChI is InChI=1S/C15H18Cl3NO/c1-2-20-14-8-13(15(14)4-3-5-15)19-12-7-10(17)9(16)6-11(12)18/h6-7,13-14,19H,2-5,8H2,1H3. The van der Waals surface area contributed by atoms with Crippen LogP contribution in [0.1, 0.15) is 32.6 Å². The number of benzene rings is 1. The van der Waals surface area contributed by atoms with Crippen LogP contribution in [-0.2, 0) is 4.74 Å². The Hall–Kier alpha value is -0.150. The monoisotopic (exact) mass is 333 g/mol. The van der Waals surface area contributed by atoms with E-state index in [4.69, 9.17) is 39.5 Å². The van der Waals surface area contributed by atoms with Gasteiger partial charge in [-0.15, -0.1) is 0 Å². The van der Waals surface area contributed by atoms with Crippen LogP contribution in [0.2, 0.25) is 15.1 Å². The van der Waals surface area contributed by atoms with Gasteiger partial charge in [-0.3, -0.25) is 0 Å². The van der Waals surface area contributed by atoms with Crippen molar-refractivity contribution < 1.29 is 4.74 Å². The first-order valence-corrected chi connectivity index (χ1v) is 8.23. The molecule has 3 rings (SSSR count). The van der Waals surface area contributed by atoms with Crippen molar-refractivity contribution >= 4 is 40.5 Å². The summed E-state index contributed by atoms with van der Waals surface area (Å²) in [5, 5.41) is 5.18. The van der Waals surface area contributed by atoms with E-state index >= 15 is 0 Å². The van der Waals surface area contributed by atoms with E-state index < -0.39 is 0 Å². The second-order valence-electron chi connectivity index (χ2n) is 5.71. The van der Waals surface area contributed by atoms with Gasteiger partial charge in [0.2, 0.25) is 0 Å². The highest BCUT2D eigenvalue weighted by atomic mass is 35.5. The van der Waals surface area contributed by atoms with Crippen molar-refractivity contribution in [2.75, 3.05) is 11.9 Å². The minimum absolute atomic E-state index is 0.297. The van der Waals surface area contributed by atoms with E-state index in [0.717, 1.165) is 18.7 Å². The Morgan fingerprint density at radius 1 is 1.20 bits per heavy atom. The van der Waals surface area contributed by atoms with Crippen LogP contribution in [0, 0.1) is 5.41 Å². The molecule has 1 aromatic carbocycles. The Morgan fingerprint density at radius 2 is 1.90 bits per heavy atom. The molecule has 2 saturated carbocycles. The predicted molar refractivity (Wildman–Crippen MR) is 85.2 cm³/mol. The Labute approximate surface area is 134 Å². The molecule has 2 aliphatic carbocycles. The van der Waals surface area contributed by atoms with Gasteiger partial charge in [0.25, 0.3) is 0 Å². The summed E-state index contributed by atoms with van der Waals surface area (Å²) in [5.41, 5.74) is 1.16. The first kappa shape index (κ1) is 14.8. The Kier molecular flexibility index (Phi) is 4.11. The van der Waals surface area contributed by atoms with Gasteiger partial charge in [0.1, 0.15) is 0 Å². The quantitative estimate of drug-likeness (QED) is 0.744. The fraction of sp³-hybridized carbons (Fsp3) is 0.600. The molecular formula is C15H18Cl3NO. The number of hydrogen-bond donors (Lipinski definition) is 1. The number of nitrogens with one attached hydrogen (secondary N) is 1. The molecule has 20 heavy (non-hydrogen) atoms. The zero-order valence-electron chi connectivity index (χ0n) is 11.4. The summed E-state index contributed by atoms with van der Waals surface area (Å²) < 4.78 is 5.86. The molecule has 0 aliphatic heterocycles. The van der Waals surface area contributed by atoms with Crippen molar-refractivity contribution in [1.82, 2.24) is 0 Å². The lowest BCUT2D eigenvalue weighted by Gasteiger charge is -2.61. The van der Waals surface area contributed by atoms with Crippen LogP contribution in [0.4, 0.5) is 5.69 Å². The lowest BCUT2D eigenvalue weighted by atomic mass is 9.51. The van der Waals surface area contributed by atoms with Gasteiger partial charge in [-0.1, -0.05) is 41.2 Å². The van der Waals surface area contributed by atoms with Crippen LogP contribution in [-0.4, -0.2) is 18.8 Å². The summed E-state index contributed by atoms with van der Waals surface area (Å²) in [4.78, 5) is 0. The molecular weight excluding hydrogens is 317 g/mol. The average Bonchev–Trinajstić information content (AvgIpc) is 2.32. The Balaban J connectivity index is 1.74. The second-order valence-corrected chi connectivity index (χ2v) is 6.93. The van der Waals surface area contributed by atoms with E-state index in [9.17, 15) is 0 Å². The van der Waals surface area contributed by atoms with Gasteiger partial charge >= 0.3 is 0 Å². The lowest BCUT2D eigenvalue weighted by molar-refractivity contribution is -0.157. The highest BCUT2D eigenvalue weighted by Gasteiger charge is 2.58. The molecule has 0 amide bonds. The molecule has 0 radical (unpaired) electrons. The van der Waals surface area contributed by atoms with E-state index in [2.05, 4.69) is 12.2 Å². The van der Waals surface area contributed by atoms with Crippen LogP contribution in [0.5, 0.6) is 0 Å². The van der Waals surface area contributed by atoms with E-state index in [1.165, 1.54) is 19.3 Å². The van der Waals surface area contributed by atoms with Gasteiger partial charge in [-0.25, -0.2) is 0 Å². The van der Waals surface area contributed by atoms with Crippen molar-refractivity contribution in [1.29, 1.82) is 0 Å². The van der Waals surface area contributed by atoms with Gasteiger partial charge in [-0.05, 0) is 38.3 Å². The van der Waals surface area contributed by atoms with Crippen LogP contribution < -0.4 is 5.32 Å². The molecule has 1 aromatic rings. The fourth-order valence-corrected chi connectivity index (χ4v) is 4.06.